The molecule has 2 aliphatic heterocycles. The van der Waals surface area contributed by atoms with Crippen molar-refractivity contribution in [2.45, 2.75) is 33.4 Å². The molecule has 2 aliphatic rings. The van der Waals surface area contributed by atoms with E-state index in [1.165, 1.54) is 11.1 Å². The lowest BCUT2D eigenvalue weighted by atomic mass is 9.87. The highest BCUT2D eigenvalue weighted by Gasteiger charge is 2.48. The van der Waals surface area contributed by atoms with Gasteiger partial charge in [0.15, 0.2) is 0 Å². The molecule has 2 saturated heterocycles. The van der Waals surface area contributed by atoms with Gasteiger partial charge in [0.2, 0.25) is 17.7 Å². The molecule has 0 saturated carbocycles. The van der Waals surface area contributed by atoms with Crippen molar-refractivity contribution in [3.63, 3.8) is 0 Å². The number of carbonyl (C=O) groups is 1. The van der Waals surface area contributed by atoms with Gasteiger partial charge >= 0.3 is 0 Å². The van der Waals surface area contributed by atoms with Gasteiger partial charge in [-0.05, 0) is 24.0 Å². The molecule has 0 aliphatic carbocycles. The van der Waals surface area contributed by atoms with Crippen LogP contribution in [-0.2, 0) is 11.3 Å². The average Bonchev–Trinajstić information content (AvgIpc) is 3.23. The van der Waals surface area contributed by atoms with Gasteiger partial charge in [0.05, 0.1) is 12.6 Å². The molecule has 132 valence electrons. The van der Waals surface area contributed by atoms with Crippen molar-refractivity contribution in [1.29, 1.82) is 0 Å². The van der Waals surface area contributed by atoms with Gasteiger partial charge in [0.25, 0.3) is 0 Å². The van der Waals surface area contributed by atoms with Gasteiger partial charge < -0.3 is 9.32 Å². The van der Waals surface area contributed by atoms with Crippen molar-refractivity contribution in [3.8, 4) is 0 Å². The minimum atomic E-state index is 0.165. The molecule has 6 nitrogen and oxygen atoms in total. The van der Waals surface area contributed by atoms with Crippen LogP contribution < -0.4 is 0 Å². The lowest BCUT2D eigenvalue weighted by Gasteiger charge is -2.30. The second-order valence-corrected chi connectivity index (χ2v) is 7.31. The Labute approximate surface area is 147 Å². The van der Waals surface area contributed by atoms with E-state index in [-0.39, 0.29) is 11.9 Å². The number of rotatable bonds is 3. The summed E-state index contributed by atoms with van der Waals surface area (Å²) >= 11 is 0. The molecule has 0 unspecified atom stereocenters. The predicted molar refractivity (Wildman–Crippen MR) is 92.6 cm³/mol. The van der Waals surface area contributed by atoms with Gasteiger partial charge in [-0.25, -0.2) is 0 Å². The molecule has 3 atom stereocenters. The molecule has 0 N–H and O–H groups in total. The number of hydrogen-bond acceptors (Lipinski definition) is 5. The van der Waals surface area contributed by atoms with Gasteiger partial charge in [-0.15, -0.1) is 10.2 Å². The van der Waals surface area contributed by atoms with Crippen LogP contribution >= 0.6 is 0 Å². The summed E-state index contributed by atoms with van der Waals surface area (Å²) in [4.78, 5) is 16.7. The van der Waals surface area contributed by atoms with E-state index in [1.54, 1.807) is 6.92 Å². The third kappa shape index (κ3) is 2.95. The molecule has 1 amide bonds. The van der Waals surface area contributed by atoms with E-state index in [0.29, 0.717) is 30.2 Å². The zero-order valence-corrected chi connectivity index (χ0v) is 15.0. The molecular formula is C19H24N4O2. The molecule has 1 aromatic carbocycles. The minimum Gasteiger partial charge on any atom is -0.424 e. The Hall–Kier alpha value is -2.21. The molecule has 2 fully saturated rings. The molecule has 0 spiro atoms. The number of aromatic nitrogens is 2. The van der Waals surface area contributed by atoms with Crippen molar-refractivity contribution in [3.05, 3.63) is 47.2 Å². The van der Waals surface area contributed by atoms with Crippen LogP contribution in [0.1, 0.15) is 35.9 Å². The maximum absolute atomic E-state index is 12.2. The number of amides is 1. The molecule has 2 aromatic rings. The second-order valence-electron chi connectivity index (χ2n) is 7.31. The van der Waals surface area contributed by atoms with Crippen LogP contribution in [0.15, 0.2) is 28.7 Å². The maximum atomic E-state index is 12.2. The Bertz CT molecular complexity index is 787. The van der Waals surface area contributed by atoms with Crippen molar-refractivity contribution in [2.75, 3.05) is 19.6 Å². The fourth-order valence-electron chi connectivity index (χ4n) is 4.50. The lowest BCUT2D eigenvalue weighted by Crippen LogP contribution is -2.34. The molecule has 0 radical (unpaired) electrons. The van der Waals surface area contributed by atoms with Gasteiger partial charge in [-0.2, -0.15) is 0 Å². The summed E-state index contributed by atoms with van der Waals surface area (Å²) < 4.78 is 5.53. The number of benzene rings is 1. The summed E-state index contributed by atoms with van der Waals surface area (Å²) in [6.07, 6.45) is 0. The van der Waals surface area contributed by atoms with Crippen LogP contribution in [0.5, 0.6) is 0 Å². The number of nitrogens with zero attached hydrogens (tertiary/aromatic N) is 4. The number of fused-ring (bicyclic) bond motifs is 1. The first-order valence-corrected chi connectivity index (χ1v) is 8.87. The molecule has 3 heterocycles. The highest BCUT2D eigenvalue weighted by atomic mass is 16.4. The zero-order chi connectivity index (χ0) is 17.6. The Morgan fingerprint density at radius 2 is 2.00 bits per heavy atom. The Kier molecular flexibility index (Phi) is 4.07. The SMILES string of the molecule is CC(=O)N1C[C@H]2CN(Cc3nnc(C)o3)C[C@H]2[C@H]1c1ccccc1C. The van der Waals surface area contributed by atoms with Gasteiger partial charge in [0.1, 0.15) is 0 Å². The summed E-state index contributed by atoms with van der Waals surface area (Å²) in [5, 5.41) is 8.03. The topological polar surface area (TPSA) is 62.5 Å². The molecule has 0 bridgehead atoms. The van der Waals surface area contributed by atoms with Crippen LogP contribution in [0.25, 0.3) is 0 Å². The highest BCUT2D eigenvalue weighted by Crippen LogP contribution is 2.45. The van der Waals surface area contributed by atoms with Gasteiger partial charge in [-0.3, -0.25) is 9.69 Å². The van der Waals surface area contributed by atoms with E-state index in [1.807, 2.05) is 6.92 Å². The second kappa shape index (κ2) is 6.26. The molecule has 6 heteroatoms. The third-order valence-electron chi connectivity index (χ3n) is 5.58. The first-order chi connectivity index (χ1) is 12.0. The fourth-order valence-corrected chi connectivity index (χ4v) is 4.50. The van der Waals surface area contributed by atoms with Crippen molar-refractivity contribution >= 4 is 5.91 Å². The molecule has 25 heavy (non-hydrogen) atoms. The van der Waals surface area contributed by atoms with E-state index >= 15 is 0 Å². The van der Waals surface area contributed by atoms with Crippen LogP contribution in [0.3, 0.4) is 0 Å². The lowest BCUT2D eigenvalue weighted by molar-refractivity contribution is -0.130. The maximum Gasteiger partial charge on any atom is 0.230 e. The van der Waals surface area contributed by atoms with Crippen LogP contribution in [-0.4, -0.2) is 45.5 Å². The number of aryl methyl sites for hydroxylation is 2. The van der Waals surface area contributed by atoms with Crippen molar-refractivity contribution in [1.82, 2.24) is 20.0 Å². The quantitative estimate of drug-likeness (QED) is 0.858. The minimum absolute atomic E-state index is 0.165. The van der Waals surface area contributed by atoms with Crippen LogP contribution in [0.4, 0.5) is 0 Å². The summed E-state index contributed by atoms with van der Waals surface area (Å²) in [5.41, 5.74) is 2.53. The highest BCUT2D eigenvalue weighted by molar-refractivity contribution is 5.74. The monoisotopic (exact) mass is 340 g/mol. The standard InChI is InChI=1S/C19H24N4O2/c1-12-6-4-5-7-16(12)19-17-10-22(11-18-21-20-13(2)25-18)8-15(17)9-23(19)14(3)24/h4-7,15,17,19H,8-11H2,1-3H3/t15-,17-,19-/m1/s1. The van der Waals surface area contributed by atoms with Gasteiger partial charge in [0, 0.05) is 39.4 Å². The largest absolute Gasteiger partial charge is 0.424 e. The summed E-state index contributed by atoms with van der Waals surface area (Å²) in [7, 11) is 0. The summed E-state index contributed by atoms with van der Waals surface area (Å²) in [5.74, 6) is 2.40. The molecule has 1 aromatic heterocycles. The Balaban J connectivity index is 1.57. The van der Waals surface area contributed by atoms with Crippen LogP contribution in [0.2, 0.25) is 0 Å². The predicted octanol–water partition coefficient (Wildman–Crippen LogP) is 2.34. The molecule has 4 rings (SSSR count). The Morgan fingerprint density at radius 1 is 1.20 bits per heavy atom. The number of hydrogen-bond donors (Lipinski definition) is 0. The summed E-state index contributed by atoms with van der Waals surface area (Å²) in [6, 6.07) is 8.60. The first-order valence-electron chi connectivity index (χ1n) is 8.87. The van der Waals surface area contributed by atoms with Crippen LogP contribution in [0, 0.1) is 25.7 Å². The number of carbonyl (C=O) groups excluding carboxylic acids is 1. The fraction of sp³-hybridized carbons (Fsp3) is 0.526. The van der Waals surface area contributed by atoms with E-state index in [2.05, 4.69) is 51.2 Å². The average molecular weight is 340 g/mol. The Morgan fingerprint density at radius 3 is 2.68 bits per heavy atom. The molecular weight excluding hydrogens is 316 g/mol. The number of likely N-dealkylation sites (tertiary alicyclic amines) is 2. The van der Waals surface area contributed by atoms with E-state index in [9.17, 15) is 4.79 Å². The summed E-state index contributed by atoms with van der Waals surface area (Å²) in [6.45, 7) is 9.08. The zero-order valence-electron chi connectivity index (χ0n) is 15.0. The van der Waals surface area contributed by atoms with E-state index < -0.39 is 0 Å². The van der Waals surface area contributed by atoms with Gasteiger partial charge in [-0.1, -0.05) is 24.3 Å². The van der Waals surface area contributed by atoms with Crippen molar-refractivity contribution in [2.24, 2.45) is 11.8 Å². The van der Waals surface area contributed by atoms with E-state index in [0.717, 1.165) is 19.6 Å². The van der Waals surface area contributed by atoms with E-state index in [4.69, 9.17) is 4.42 Å². The van der Waals surface area contributed by atoms with Crippen molar-refractivity contribution < 1.29 is 9.21 Å². The normalized spacial score (nSPS) is 26.2. The first kappa shape index (κ1) is 16.3. The third-order valence-corrected chi connectivity index (χ3v) is 5.58. The smallest absolute Gasteiger partial charge is 0.230 e.